The molecule has 0 bridgehead atoms. The Morgan fingerprint density at radius 3 is 2.70 bits per heavy atom. The summed E-state index contributed by atoms with van der Waals surface area (Å²) in [5.41, 5.74) is -0.420. The van der Waals surface area contributed by atoms with E-state index in [1.165, 1.54) is 19.2 Å². The van der Waals surface area contributed by atoms with E-state index < -0.39 is 29.9 Å². The Bertz CT molecular complexity index is 614. The van der Waals surface area contributed by atoms with Gasteiger partial charge in [0.15, 0.2) is 6.61 Å². The van der Waals surface area contributed by atoms with Crippen LogP contribution in [0.25, 0.3) is 0 Å². The van der Waals surface area contributed by atoms with Crippen molar-refractivity contribution in [3.8, 4) is 0 Å². The summed E-state index contributed by atoms with van der Waals surface area (Å²) in [5, 5.41) is 2.64. The molecule has 0 saturated heterocycles. The van der Waals surface area contributed by atoms with Gasteiger partial charge in [0, 0.05) is 13.1 Å². The first-order valence-electron chi connectivity index (χ1n) is 7.03. The van der Waals surface area contributed by atoms with Gasteiger partial charge in [-0.25, -0.2) is 9.18 Å². The third kappa shape index (κ3) is 4.92. The minimum absolute atomic E-state index is 0.0976. The van der Waals surface area contributed by atoms with E-state index in [1.54, 1.807) is 0 Å². The summed E-state index contributed by atoms with van der Waals surface area (Å²) in [6, 6.07) is 3.97. The summed E-state index contributed by atoms with van der Waals surface area (Å²) in [7, 11) is 1.42. The molecule has 0 spiro atoms. The zero-order valence-corrected chi connectivity index (χ0v) is 13.2. The highest BCUT2D eigenvalue weighted by Gasteiger charge is 2.25. The SMILES string of the molecule is CN(CC(=O)NC1CC1)C(=O)COC(=O)c1c(F)cccc1Cl. The van der Waals surface area contributed by atoms with E-state index in [1.807, 2.05) is 0 Å². The lowest BCUT2D eigenvalue weighted by molar-refractivity contribution is -0.137. The fraction of sp³-hybridized carbons (Fsp3) is 0.400. The lowest BCUT2D eigenvalue weighted by Crippen LogP contribution is -2.40. The summed E-state index contributed by atoms with van der Waals surface area (Å²) in [4.78, 5) is 36.3. The summed E-state index contributed by atoms with van der Waals surface area (Å²) in [6.07, 6.45) is 1.90. The van der Waals surface area contributed by atoms with Crippen LogP contribution < -0.4 is 5.32 Å². The van der Waals surface area contributed by atoms with Crippen molar-refractivity contribution >= 4 is 29.4 Å². The molecule has 124 valence electrons. The molecule has 1 saturated carbocycles. The highest BCUT2D eigenvalue weighted by atomic mass is 35.5. The van der Waals surface area contributed by atoms with Gasteiger partial charge < -0.3 is 15.0 Å². The van der Waals surface area contributed by atoms with Crippen LogP contribution in [0.2, 0.25) is 5.02 Å². The summed E-state index contributed by atoms with van der Waals surface area (Å²) in [6.45, 7) is -0.732. The molecule has 2 rings (SSSR count). The van der Waals surface area contributed by atoms with Crippen LogP contribution >= 0.6 is 11.6 Å². The number of halogens is 2. The molecular formula is C15H16ClFN2O4. The predicted molar refractivity (Wildman–Crippen MR) is 80.5 cm³/mol. The Hall–Kier alpha value is -2.15. The molecule has 1 aliphatic carbocycles. The number of benzene rings is 1. The van der Waals surface area contributed by atoms with Crippen LogP contribution in [0.3, 0.4) is 0 Å². The second-order valence-electron chi connectivity index (χ2n) is 5.26. The van der Waals surface area contributed by atoms with Crippen LogP contribution in [-0.4, -0.2) is 48.9 Å². The quantitative estimate of drug-likeness (QED) is 0.792. The number of ether oxygens (including phenoxy) is 1. The lowest BCUT2D eigenvalue weighted by Gasteiger charge is -2.16. The molecule has 1 N–H and O–H groups in total. The molecule has 0 atom stereocenters. The molecule has 0 unspecified atom stereocenters. The topological polar surface area (TPSA) is 75.7 Å². The molecule has 1 fully saturated rings. The van der Waals surface area contributed by atoms with Gasteiger partial charge in [-0.1, -0.05) is 17.7 Å². The van der Waals surface area contributed by atoms with Gasteiger partial charge in [0.2, 0.25) is 5.91 Å². The van der Waals surface area contributed by atoms with Gasteiger partial charge >= 0.3 is 5.97 Å². The fourth-order valence-electron chi connectivity index (χ4n) is 1.81. The van der Waals surface area contributed by atoms with Gasteiger partial charge in [-0.15, -0.1) is 0 Å². The normalized spacial score (nSPS) is 13.3. The Morgan fingerprint density at radius 2 is 2.09 bits per heavy atom. The lowest BCUT2D eigenvalue weighted by atomic mass is 10.2. The Labute approximate surface area is 137 Å². The van der Waals surface area contributed by atoms with Gasteiger partial charge in [-0.3, -0.25) is 9.59 Å². The number of hydrogen-bond donors (Lipinski definition) is 1. The van der Waals surface area contributed by atoms with Crippen LogP contribution in [0.4, 0.5) is 4.39 Å². The first-order chi connectivity index (χ1) is 10.9. The second kappa shape index (κ2) is 7.41. The van der Waals surface area contributed by atoms with Gasteiger partial charge in [-0.2, -0.15) is 0 Å². The van der Waals surface area contributed by atoms with Gasteiger partial charge in [0.1, 0.15) is 11.4 Å². The molecule has 0 heterocycles. The molecule has 2 amide bonds. The van der Waals surface area contributed by atoms with Crippen molar-refractivity contribution in [3.63, 3.8) is 0 Å². The van der Waals surface area contributed by atoms with E-state index in [0.29, 0.717) is 0 Å². The number of amides is 2. The standard InChI is InChI=1S/C15H16ClFN2O4/c1-19(7-12(20)18-9-5-6-9)13(21)8-23-15(22)14-10(16)3-2-4-11(14)17/h2-4,9H,5-8H2,1H3,(H,18,20). The molecule has 1 aliphatic rings. The van der Waals surface area contributed by atoms with Crippen LogP contribution in [0, 0.1) is 5.82 Å². The Morgan fingerprint density at radius 1 is 1.39 bits per heavy atom. The third-order valence-corrected chi connectivity index (χ3v) is 3.56. The highest BCUT2D eigenvalue weighted by molar-refractivity contribution is 6.33. The zero-order chi connectivity index (χ0) is 17.0. The summed E-state index contributed by atoms with van der Waals surface area (Å²) < 4.78 is 18.3. The number of nitrogens with zero attached hydrogens (tertiary/aromatic N) is 1. The number of rotatable bonds is 6. The molecule has 0 aliphatic heterocycles. The van der Waals surface area contributed by atoms with E-state index in [4.69, 9.17) is 16.3 Å². The number of esters is 1. The maximum Gasteiger partial charge on any atom is 0.343 e. The van der Waals surface area contributed by atoms with Crippen molar-refractivity contribution < 1.29 is 23.5 Å². The minimum atomic E-state index is -1.03. The number of carbonyl (C=O) groups excluding carboxylic acids is 3. The molecule has 23 heavy (non-hydrogen) atoms. The second-order valence-corrected chi connectivity index (χ2v) is 5.67. The van der Waals surface area contributed by atoms with E-state index >= 15 is 0 Å². The van der Waals surface area contributed by atoms with Crippen LogP contribution in [0.15, 0.2) is 18.2 Å². The maximum absolute atomic E-state index is 13.5. The first-order valence-corrected chi connectivity index (χ1v) is 7.40. The molecule has 0 radical (unpaired) electrons. The molecule has 1 aromatic rings. The zero-order valence-electron chi connectivity index (χ0n) is 12.5. The van der Waals surface area contributed by atoms with Crippen molar-refractivity contribution in [3.05, 3.63) is 34.6 Å². The summed E-state index contributed by atoms with van der Waals surface area (Å²) >= 11 is 5.74. The van der Waals surface area contributed by atoms with Crippen molar-refractivity contribution in [1.82, 2.24) is 10.2 Å². The van der Waals surface area contributed by atoms with E-state index in [0.717, 1.165) is 23.8 Å². The number of nitrogens with one attached hydrogen (secondary N) is 1. The minimum Gasteiger partial charge on any atom is -0.452 e. The molecule has 1 aromatic carbocycles. The summed E-state index contributed by atoms with van der Waals surface area (Å²) in [5.74, 6) is -2.70. The fourth-order valence-corrected chi connectivity index (χ4v) is 2.05. The molecule has 6 nitrogen and oxygen atoms in total. The monoisotopic (exact) mass is 342 g/mol. The Kier molecular flexibility index (Phi) is 5.54. The predicted octanol–water partition coefficient (Wildman–Crippen LogP) is 1.37. The maximum atomic E-state index is 13.5. The number of hydrogen-bond acceptors (Lipinski definition) is 4. The van der Waals surface area contributed by atoms with Crippen LogP contribution in [0.5, 0.6) is 0 Å². The van der Waals surface area contributed by atoms with Crippen molar-refractivity contribution in [2.24, 2.45) is 0 Å². The Balaban J connectivity index is 1.83. The van der Waals surface area contributed by atoms with E-state index in [-0.39, 0.29) is 23.5 Å². The number of likely N-dealkylation sites (N-methyl/N-ethyl adjacent to an activating group) is 1. The molecule has 8 heteroatoms. The van der Waals surface area contributed by atoms with E-state index in [9.17, 15) is 18.8 Å². The average molecular weight is 343 g/mol. The first kappa shape index (κ1) is 17.2. The van der Waals surface area contributed by atoms with Crippen LogP contribution in [0.1, 0.15) is 23.2 Å². The van der Waals surface area contributed by atoms with Gasteiger partial charge in [0.25, 0.3) is 5.91 Å². The van der Waals surface area contributed by atoms with Gasteiger partial charge in [0.05, 0.1) is 11.6 Å². The van der Waals surface area contributed by atoms with Crippen molar-refractivity contribution in [1.29, 1.82) is 0 Å². The third-order valence-electron chi connectivity index (χ3n) is 3.24. The van der Waals surface area contributed by atoms with Gasteiger partial charge in [-0.05, 0) is 25.0 Å². The van der Waals surface area contributed by atoms with Crippen molar-refractivity contribution in [2.45, 2.75) is 18.9 Å². The largest absolute Gasteiger partial charge is 0.452 e. The van der Waals surface area contributed by atoms with Crippen LogP contribution in [-0.2, 0) is 14.3 Å². The smallest absolute Gasteiger partial charge is 0.343 e. The molecular weight excluding hydrogens is 327 g/mol. The highest BCUT2D eigenvalue weighted by Crippen LogP contribution is 2.20. The molecule has 0 aromatic heterocycles. The average Bonchev–Trinajstić information content (AvgIpc) is 3.28. The van der Waals surface area contributed by atoms with Crippen molar-refractivity contribution in [2.75, 3.05) is 20.2 Å². The van der Waals surface area contributed by atoms with E-state index in [2.05, 4.69) is 5.32 Å². The number of carbonyl (C=O) groups is 3.